The molecule has 4 rings (SSSR count). The van der Waals surface area contributed by atoms with E-state index in [2.05, 4.69) is 5.18 Å². The zero-order valence-electron chi connectivity index (χ0n) is 15.5. The molecule has 0 aromatic heterocycles. The van der Waals surface area contributed by atoms with Crippen LogP contribution in [0.2, 0.25) is 0 Å². The summed E-state index contributed by atoms with van der Waals surface area (Å²) in [6, 6.07) is 29.2. The van der Waals surface area contributed by atoms with Gasteiger partial charge in [-0.25, -0.2) is 0 Å². The molecule has 5 nitrogen and oxygen atoms in total. The third-order valence-corrected chi connectivity index (χ3v) is 8.68. The van der Waals surface area contributed by atoms with E-state index in [4.69, 9.17) is 0 Å². The van der Waals surface area contributed by atoms with Gasteiger partial charge in [-0.2, -0.15) is 4.91 Å². The Labute approximate surface area is 165 Å². The standard InChI is InChI=1S/C22H22N3O2P/c26-23-18-22(19-10-4-1-5-11-19)28(27)24(20-12-6-2-7-13-20)16-17-25(28)21-14-8-3-9-15-21/h1-15,22H,16-18H2. The van der Waals surface area contributed by atoms with E-state index in [1.807, 2.05) is 100 Å². The Bertz CT molecular complexity index is 915. The SMILES string of the molecule is O=NCC(c1ccccc1)P1(=O)N(c2ccccc2)CCN1c1ccccc1. The van der Waals surface area contributed by atoms with Crippen molar-refractivity contribution in [3.8, 4) is 0 Å². The van der Waals surface area contributed by atoms with Crippen LogP contribution in [0.1, 0.15) is 11.2 Å². The van der Waals surface area contributed by atoms with Crippen molar-refractivity contribution in [3.63, 3.8) is 0 Å². The normalized spacial score (nSPS) is 16.7. The van der Waals surface area contributed by atoms with Crippen LogP contribution in [0, 0.1) is 4.91 Å². The predicted octanol–water partition coefficient (Wildman–Crippen LogP) is 5.71. The van der Waals surface area contributed by atoms with E-state index >= 15 is 0 Å². The Morgan fingerprint density at radius 3 is 1.61 bits per heavy atom. The summed E-state index contributed by atoms with van der Waals surface area (Å²) in [5.41, 5.74) is 2.16. The molecular formula is C22H22N3O2P. The molecule has 0 aliphatic carbocycles. The topological polar surface area (TPSA) is 53.0 Å². The summed E-state index contributed by atoms with van der Waals surface area (Å²) in [5.74, 6) is 0. The van der Waals surface area contributed by atoms with Crippen molar-refractivity contribution >= 4 is 18.8 Å². The Morgan fingerprint density at radius 1 is 0.750 bits per heavy atom. The molecule has 6 heteroatoms. The van der Waals surface area contributed by atoms with Gasteiger partial charge in [0, 0.05) is 24.5 Å². The smallest absolute Gasteiger partial charge is 0.272 e. The van der Waals surface area contributed by atoms with Crippen molar-refractivity contribution in [1.29, 1.82) is 0 Å². The summed E-state index contributed by atoms with van der Waals surface area (Å²) in [6.07, 6.45) is 0. The van der Waals surface area contributed by atoms with Crippen LogP contribution in [0.4, 0.5) is 11.4 Å². The van der Waals surface area contributed by atoms with Crippen LogP contribution in [0.5, 0.6) is 0 Å². The van der Waals surface area contributed by atoms with Gasteiger partial charge in [0.2, 0.25) is 0 Å². The second kappa shape index (κ2) is 7.99. The van der Waals surface area contributed by atoms with Crippen molar-refractivity contribution in [3.05, 3.63) is 101 Å². The number of hydrogen-bond donors (Lipinski definition) is 0. The van der Waals surface area contributed by atoms with Crippen LogP contribution >= 0.6 is 7.44 Å². The van der Waals surface area contributed by atoms with Crippen LogP contribution < -0.4 is 9.34 Å². The molecule has 3 aromatic carbocycles. The highest BCUT2D eigenvalue weighted by Crippen LogP contribution is 2.68. The number of rotatable bonds is 6. The highest BCUT2D eigenvalue weighted by Gasteiger charge is 2.49. The van der Waals surface area contributed by atoms with Gasteiger partial charge in [0.15, 0.2) is 0 Å². The monoisotopic (exact) mass is 391 g/mol. The number of benzene rings is 3. The van der Waals surface area contributed by atoms with Crippen molar-refractivity contribution in [2.24, 2.45) is 5.18 Å². The average molecular weight is 391 g/mol. The second-order valence-corrected chi connectivity index (χ2v) is 9.51. The minimum Gasteiger partial charge on any atom is -0.304 e. The highest BCUT2D eigenvalue weighted by molar-refractivity contribution is 7.68. The molecule has 1 heterocycles. The van der Waals surface area contributed by atoms with Crippen molar-refractivity contribution in [2.75, 3.05) is 29.0 Å². The summed E-state index contributed by atoms with van der Waals surface area (Å²) in [4.78, 5) is 11.4. The Hall–Kier alpha value is -2.91. The summed E-state index contributed by atoms with van der Waals surface area (Å²) in [5, 5.41) is 3.18. The summed E-state index contributed by atoms with van der Waals surface area (Å²) < 4.78 is 18.8. The first kappa shape index (κ1) is 18.5. The first-order valence-corrected chi connectivity index (χ1v) is 11.0. The van der Waals surface area contributed by atoms with E-state index in [1.54, 1.807) is 0 Å². The molecule has 0 N–H and O–H groups in total. The molecule has 0 radical (unpaired) electrons. The molecule has 1 atom stereocenters. The fourth-order valence-electron chi connectivity index (χ4n) is 3.88. The van der Waals surface area contributed by atoms with Gasteiger partial charge in [0.25, 0.3) is 7.44 Å². The van der Waals surface area contributed by atoms with Crippen molar-refractivity contribution < 1.29 is 4.57 Å². The molecule has 1 fully saturated rings. The van der Waals surface area contributed by atoms with Crippen LogP contribution in [0.15, 0.2) is 96.2 Å². The van der Waals surface area contributed by atoms with Gasteiger partial charge in [-0.15, -0.1) is 0 Å². The fraction of sp³-hybridized carbons (Fsp3) is 0.182. The Morgan fingerprint density at radius 2 is 1.18 bits per heavy atom. The van der Waals surface area contributed by atoms with Crippen LogP contribution in [0.3, 0.4) is 0 Å². The zero-order valence-corrected chi connectivity index (χ0v) is 16.4. The molecular weight excluding hydrogens is 369 g/mol. The predicted molar refractivity (Wildman–Crippen MR) is 115 cm³/mol. The number of nitrogens with zero attached hydrogens (tertiary/aromatic N) is 3. The van der Waals surface area contributed by atoms with Gasteiger partial charge in [0.1, 0.15) is 0 Å². The fourth-order valence-corrected chi connectivity index (χ4v) is 7.34. The molecule has 0 amide bonds. The lowest BCUT2D eigenvalue weighted by atomic mass is 10.1. The molecule has 0 spiro atoms. The number of nitroso groups, excluding NO2 is 1. The molecule has 142 valence electrons. The summed E-state index contributed by atoms with van der Waals surface area (Å²) in [6.45, 7) is 1.21. The molecule has 28 heavy (non-hydrogen) atoms. The molecule has 1 saturated heterocycles. The van der Waals surface area contributed by atoms with E-state index in [9.17, 15) is 9.47 Å². The van der Waals surface area contributed by atoms with Gasteiger partial charge in [-0.1, -0.05) is 71.9 Å². The molecule has 0 bridgehead atoms. The number of anilines is 2. The lowest BCUT2D eigenvalue weighted by molar-refractivity contribution is 0.565. The summed E-state index contributed by atoms with van der Waals surface area (Å²) >= 11 is 0. The molecule has 3 aromatic rings. The average Bonchev–Trinajstić information content (AvgIpc) is 3.11. The largest absolute Gasteiger partial charge is 0.304 e. The molecule has 1 aliphatic heterocycles. The van der Waals surface area contributed by atoms with Gasteiger partial charge in [-0.3, -0.25) is 4.57 Å². The lowest BCUT2D eigenvalue weighted by Gasteiger charge is -2.37. The molecule has 1 aliphatic rings. The molecule has 0 saturated carbocycles. The number of para-hydroxylation sites is 2. The maximum Gasteiger partial charge on any atom is 0.272 e. The third-order valence-electron chi connectivity index (χ3n) is 5.16. The van der Waals surface area contributed by atoms with Crippen LogP contribution in [-0.4, -0.2) is 19.6 Å². The van der Waals surface area contributed by atoms with E-state index in [0.717, 1.165) is 16.9 Å². The van der Waals surface area contributed by atoms with E-state index < -0.39 is 13.1 Å². The van der Waals surface area contributed by atoms with Gasteiger partial charge < -0.3 is 9.34 Å². The minimum atomic E-state index is -3.21. The van der Waals surface area contributed by atoms with E-state index in [0.29, 0.717) is 13.1 Å². The zero-order chi connectivity index (χ0) is 19.4. The van der Waals surface area contributed by atoms with Crippen molar-refractivity contribution in [1.82, 2.24) is 0 Å². The quantitative estimate of drug-likeness (QED) is 0.399. The summed E-state index contributed by atoms with van der Waals surface area (Å²) in [7, 11) is -3.21. The van der Waals surface area contributed by atoms with Crippen molar-refractivity contribution in [2.45, 2.75) is 5.66 Å². The van der Waals surface area contributed by atoms with Crippen LogP contribution in [0.25, 0.3) is 0 Å². The minimum absolute atomic E-state index is 0.0338. The number of hydrogen-bond acceptors (Lipinski definition) is 3. The second-order valence-electron chi connectivity index (χ2n) is 6.74. The van der Waals surface area contributed by atoms with Gasteiger partial charge >= 0.3 is 0 Å². The third kappa shape index (κ3) is 3.23. The first-order chi connectivity index (χ1) is 13.7. The molecule has 1 unspecified atom stereocenters. The highest BCUT2D eigenvalue weighted by atomic mass is 31.2. The maximum absolute atomic E-state index is 14.8. The lowest BCUT2D eigenvalue weighted by Crippen LogP contribution is -2.25. The van der Waals surface area contributed by atoms with Crippen LogP contribution in [-0.2, 0) is 4.57 Å². The Kier molecular flexibility index (Phi) is 5.27. The first-order valence-electron chi connectivity index (χ1n) is 9.35. The van der Waals surface area contributed by atoms with E-state index in [-0.39, 0.29) is 6.54 Å². The van der Waals surface area contributed by atoms with Gasteiger partial charge in [0.05, 0.1) is 12.2 Å². The van der Waals surface area contributed by atoms with E-state index in [1.165, 1.54) is 0 Å². The Balaban J connectivity index is 1.88. The van der Waals surface area contributed by atoms with Gasteiger partial charge in [-0.05, 0) is 29.8 Å². The maximum atomic E-state index is 14.8.